The zero-order chi connectivity index (χ0) is 42.6. The van der Waals surface area contributed by atoms with E-state index in [1.807, 2.05) is 43.3 Å². The number of pyridine rings is 1. The van der Waals surface area contributed by atoms with Gasteiger partial charge in [-0.15, -0.1) is 0 Å². The van der Waals surface area contributed by atoms with Crippen molar-refractivity contribution in [3.63, 3.8) is 0 Å². The van der Waals surface area contributed by atoms with Crippen LogP contribution in [0.1, 0.15) is 78.1 Å². The van der Waals surface area contributed by atoms with E-state index in [0.29, 0.717) is 86.7 Å². The van der Waals surface area contributed by atoms with Crippen molar-refractivity contribution in [1.82, 2.24) is 25.2 Å². The first-order valence-electron chi connectivity index (χ1n) is 22.1. The molecule has 16 nitrogen and oxygen atoms in total. The number of hydrogen-bond acceptors (Lipinski definition) is 12. The summed E-state index contributed by atoms with van der Waals surface area (Å²) in [5.74, 6) is 0.415. The number of aromatic nitrogens is 1. The third-order valence-corrected chi connectivity index (χ3v) is 15.8. The smallest absolute Gasteiger partial charge is 0.408 e. The van der Waals surface area contributed by atoms with Crippen molar-refractivity contribution < 1.29 is 46.5 Å². The number of allylic oxidation sites excluding steroid dienone is 1. The molecule has 2 saturated heterocycles. The molecule has 3 aliphatic heterocycles. The molecule has 10 atom stereocenters. The summed E-state index contributed by atoms with van der Waals surface area (Å²) in [4.78, 5) is 65.9. The van der Waals surface area contributed by atoms with Crippen molar-refractivity contribution >= 4 is 50.4 Å². The molecule has 6 fully saturated rings. The standard InChI is InChI=1S/C44H58N6O10S/c1-25-6-4-5-7-30-23-44(30,42(53)48-61(55,56)34-9-10-34)47-39(51)36-22-33(24-50(36)41(52)38(26(2)16-25)46-43(54)60-32-18-27-17-28(27)19-32)59-40-35-11-8-31(57-3)20-29(35)21-37(45-40)49-12-14-58-15-13-49/h5,7-8,11,20-21,25-28,30,32-34,36,38H,4,6,9-10,12-19,22-24H2,1-3H3,(H,46,54)(H,47,51)(H,48,53)/b7-5-/t25-,26-,27-,28+,30-,32+,33-,36+,38+,44-/m1/s1. The monoisotopic (exact) mass is 862 g/mol. The summed E-state index contributed by atoms with van der Waals surface area (Å²) >= 11 is 0. The zero-order valence-electron chi connectivity index (χ0n) is 35.2. The van der Waals surface area contributed by atoms with Crippen molar-refractivity contribution in [1.29, 1.82) is 0 Å². The summed E-state index contributed by atoms with van der Waals surface area (Å²) < 4.78 is 52.0. The van der Waals surface area contributed by atoms with Crippen LogP contribution in [0.5, 0.6) is 11.6 Å². The van der Waals surface area contributed by atoms with Crippen molar-refractivity contribution in [2.75, 3.05) is 44.9 Å². The summed E-state index contributed by atoms with van der Waals surface area (Å²) in [6, 6.07) is 5.43. The number of alkyl carbamates (subject to hydrolysis) is 1. The Morgan fingerprint density at radius 3 is 2.49 bits per heavy atom. The number of amides is 4. The molecule has 4 saturated carbocycles. The van der Waals surface area contributed by atoms with Crippen molar-refractivity contribution in [3.05, 3.63) is 36.4 Å². The normalized spacial score (nSPS) is 34.4. The summed E-state index contributed by atoms with van der Waals surface area (Å²) in [5.41, 5.74) is -1.52. The average molecular weight is 863 g/mol. The Hall–Kier alpha value is -4.64. The van der Waals surface area contributed by atoms with Gasteiger partial charge in [0, 0.05) is 30.8 Å². The Morgan fingerprint density at radius 1 is 0.984 bits per heavy atom. The molecule has 0 bridgehead atoms. The quantitative estimate of drug-likeness (QED) is 0.309. The molecule has 4 amide bonds. The van der Waals surface area contributed by atoms with Crippen LogP contribution in [0.25, 0.3) is 10.8 Å². The van der Waals surface area contributed by atoms with Crippen LogP contribution < -0.4 is 29.7 Å². The van der Waals surface area contributed by atoms with Gasteiger partial charge in [-0.25, -0.2) is 13.2 Å². The number of rotatable bonds is 9. The molecule has 17 heteroatoms. The highest BCUT2D eigenvalue weighted by atomic mass is 32.2. The molecule has 0 spiro atoms. The lowest BCUT2D eigenvalue weighted by Crippen LogP contribution is -2.59. The van der Waals surface area contributed by atoms with Crippen LogP contribution in [-0.4, -0.2) is 117 Å². The number of methoxy groups -OCH3 is 1. The number of sulfonamides is 1. The molecule has 1 aromatic heterocycles. The van der Waals surface area contributed by atoms with E-state index in [1.165, 1.54) is 11.3 Å². The zero-order valence-corrected chi connectivity index (χ0v) is 36.0. The largest absolute Gasteiger partial charge is 0.497 e. The molecular formula is C44H58N6O10S. The van der Waals surface area contributed by atoms with Gasteiger partial charge >= 0.3 is 6.09 Å². The summed E-state index contributed by atoms with van der Waals surface area (Å²) in [7, 11) is -2.31. The van der Waals surface area contributed by atoms with Crippen LogP contribution >= 0.6 is 0 Å². The lowest BCUT2D eigenvalue weighted by atomic mass is 9.88. The molecule has 9 rings (SSSR count). The molecule has 3 N–H and O–H groups in total. The molecule has 61 heavy (non-hydrogen) atoms. The number of fused-ring (bicyclic) bond motifs is 4. The first-order chi connectivity index (χ1) is 29.3. The summed E-state index contributed by atoms with van der Waals surface area (Å²) in [5, 5.41) is 6.79. The van der Waals surface area contributed by atoms with E-state index in [1.54, 1.807) is 7.11 Å². The van der Waals surface area contributed by atoms with Crippen LogP contribution in [0.15, 0.2) is 36.4 Å². The molecule has 330 valence electrons. The van der Waals surface area contributed by atoms with Gasteiger partial charge in [0.05, 0.1) is 32.1 Å². The topological polar surface area (TPSA) is 195 Å². The minimum absolute atomic E-state index is 0.0158. The molecule has 4 aliphatic carbocycles. The number of anilines is 1. The van der Waals surface area contributed by atoms with E-state index in [2.05, 4.69) is 27.2 Å². The molecule has 4 heterocycles. The molecular weight excluding hydrogens is 805 g/mol. The average Bonchev–Trinajstić information content (AvgIpc) is 4.20. The number of benzene rings is 1. The lowest BCUT2D eigenvalue weighted by Gasteiger charge is -2.33. The Kier molecular flexibility index (Phi) is 11.3. The predicted octanol–water partition coefficient (Wildman–Crippen LogP) is 3.82. The van der Waals surface area contributed by atoms with Gasteiger partial charge in [-0.2, -0.15) is 4.98 Å². The minimum atomic E-state index is -3.91. The van der Waals surface area contributed by atoms with Gasteiger partial charge in [-0.1, -0.05) is 26.0 Å². The van der Waals surface area contributed by atoms with Crippen molar-refractivity contribution in [3.8, 4) is 11.6 Å². The highest BCUT2D eigenvalue weighted by molar-refractivity contribution is 7.91. The van der Waals surface area contributed by atoms with Crippen LogP contribution in [0, 0.1) is 29.6 Å². The summed E-state index contributed by atoms with van der Waals surface area (Å²) in [6.07, 6.45) is 8.40. The van der Waals surface area contributed by atoms with Gasteiger partial charge < -0.3 is 39.4 Å². The Morgan fingerprint density at radius 2 is 1.75 bits per heavy atom. The van der Waals surface area contributed by atoms with Crippen molar-refractivity contribution in [2.45, 2.75) is 113 Å². The van der Waals surface area contributed by atoms with Gasteiger partial charge in [0.1, 0.15) is 41.4 Å². The molecule has 0 unspecified atom stereocenters. The van der Waals surface area contributed by atoms with Crippen LogP contribution in [0.4, 0.5) is 10.6 Å². The Balaban J connectivity index is 1.04. The summed E-state index contributed by atoms with van der Waals surface area (Å²) in [6.45, 7) is 6.41. The number of carbonyl (C=O) groups is 4. The highest BCUT2D eigenvalue weighted by Gasteiger charge is 2.62. The second kappa shape index (κ2) is 16.6. The number of morpholine rings is 1. The van der Waals surface area contributed by atoms with E-state index < -0.39 is 68.7 Å². The third kappa shape index (κ3) is 8.86. The second-order valence-electron chi connectivity index (χ2n) is 18.6. The third-order valence-electron chi connectivity index (χ3n) is 14.0. The SMILES string of the molecule is COc1ccc2c(O[C@@H]3C[C@H]4C(=O)N[C@]5(C(=O)NS(=O)(=O)C6CC6)C[C@H]5/C=C\CC[C@@H](C)C[C@@H](C)[C@H](NC(=O)O[C@@H]5C[C@@H]6C[C@@H]6C5)C(=O)N4C3)nc(N3CCOCC3)cc2c1. The van der Waals surface area contributed by atoms with Gasteiger partial charge in [0.2, 0.25) is 27.7 Å². The maximum atomic E-state index is 15.1. The van der Waals surface area contributed by atoms with Crippen molar-refractivity contribution in [2.24, 2.45) is 29.6 Å². The van der Waals surface area contributed by atoms with Crippen LogP contribution in [-0.2, 0) is 33.9 Å². The first-order valence-corrected chi connectivity index (χ1v) is 23.7. The Bertz CT molecular complexity index is 2180. The van der Waals surface area contributed by atoms with E-state index in [4.69, 9.17) is 23.9 Å². The first kappa shape index (κ1) is 41.7. The fraction of sp³-hybridized carbons (Fsp3) is 0.659. The maximum absolute atomic E-state index is 15.1. The maximum Gasteiger partial charge on any atom is 0.408 e. The number of nitrogens with one attached hydrogen (secondary N) is 3. The van der Waals surface area contributed by atoms with E-state index in [0.717, 1.165) is 24.6 Å². The van der Waals surface area contributed by atoms with Gasteiger partial charge in [0.25, 0.3) is 5.91 Å². The number of hydrogen-bond donors (Lipinski definition) is 3. The molecule has 2 aromatic rings. The fourth-order valence-corrected chi connectivity index (χ4v) is 11.4. The number of ether oxygens (including phenoxy) is 4. The number of nitrogens with zero attached hydrogens (tertiary/aromatic N) is 3. The highest BCUT2D eigenvalue weighted by Crippen LogP contribution is 2.52. The number of carbonyl (C=O) groups excluding carboxylic acids is 4. The van der Waals surface area contributed by atoms with Crippen LogP contribution in [0.2, 0.25) is 0 Å². The molecule has 1 aromatic carbocycles. The minimum Gasteiger partial charge on any atom is -0.497 e. The fourth-order valence-electron chi connectivity index (χ4n) is 10.1. The van der Waals surface area contributed by atoms with E-state index >= 15 is 4.79 Å². The predicted molar refractivity (Wildman–Crippen MR) is 224 cm³/mol. The van der Waals surface area contributed by atoms with Gasteiger partial charge in [-0.3, -0.25) is 19.1 Å². The van der Waals surface area contributed by atoms with E-state index in [-0.39, 0.29) is 37.3 Å². The lowest BCUT2D eigenvalue weighted by molar-refractivity contribution is -0.142. The van der Waals surface area contributed by atoms with Gasteiger partial charge in [0.15, 0.2) is 0 Å². The van der Waals surface area contributed by atoms with Crippen LogP contribution in [0.3, 0.4) is 0 Å². The second-order valence-corrected chi connectivity index (χ2v) is 20.6. The van der Waals surface area contributed by atoms with E-state index in [9.17, 15) is 22.8 Å². The van der Waals surface area contributed by atoms with Gasteiger partial charge in [-0.05, 0) is 111 Å². The molecule has 0 radical (unpaired) electrons. The Labute approximate surface area is 356 Å². The molecule has 7 aliphatic rings.